The average Bonchev–Trinajstić information content (AvgIpc) is 3.00. The van der Waals surface area contributed by atoms with Gasteiger partial charge in [0.15, 0.2) is 0 Å². The molecule has 2 atom stereocenters. The molecule has 0 aromatic heterocycles. The molecule has 0 aromatic carbocycles. The van der Waals surface area contributed by atoms with E-state index < -0.39 is 0 Å². The van der Waals surface area contributed by atoms with Gasteiger partial charge in [0.1, 0.15) is 0 Å². The molecule has 0 rings (SSSR count). The Balaban J connectivity index is -0.000000136. The predicted octanol–water partition coefficient (Wildman–Crippen LogP) is 10.1. The van der Waals surface area contributed by atoms with E-state index in [2.05, 4.69) is 55.4 Å². The summed E-state index contributed by atoms with van der Waals surface area (Å²) >= 11 is 0. The standard InChI is InChI=1S/2C8H18O.2C7H16O.C6H13NO/c1-4-8(3)6-7-9-5-2;1-4-8(5-2)7-9-6-3;1-4-7(3)6-8-5-2;1-4-7(5-2)8-6-3;1-4-7(5-2)6(3)8/h2*8H,4-7H2,1-3H3;2*7H,4-6H2,1-3H3;4-5H2,1-3H3. The van der Waals surface area contributed by atoms with E-state index in [1.165, 1.54) is 32.1 Å². The minimum atomic E-state index is 0.162. The van der Waals surface area contributed by atoms with E-state index in [4.69, 9.17) is 18.9 Å². The first-order valence-corrected chi connectivity index (χ1v) is 17.6. The highest BCUT2D eigenvalue weighted by atomic mass is 16.5. The molecule has 0 heterocycles. The number of carbonyl (C=O) groups is 1. The highest BCUT2D eigenvalue weighted by Crippen LogP contribution is 2.07. The first kappa shape index (κ1) is 50.9. The van der Waals surface area contributed by atoms with Crippen LogP contribution in [-0.4, -0.2) is 76.2 Å². The third-order valence-corrected chi connectivity index (χ3v) is 7.19. The Hall–Kier alpha value is -0.690. The van der Waals surface area contributed by atoms with Crippen molar-refractivity contribution >= 4 is 5.91 Å². The molecule has 0 N–H and O–H groups in total. The van der Waals surface area contributed by atoms with E-state index in [9.17, 15) is 4.79 Å². The summed E-state index contributed by atoms with van der Waals surface area (Å²) < 4.78 is 21.0. The van der Waals surface area contributed by atoms with Gasteiger partial charge in [-0.05, 0) is 78.6 Å². The summed E-state index contributed by atoms with van der Waals surface area (Å²) in [5.74, 6) is 2.51. The van der Waals surface area contributed by atoms with E-state index in [-0.39, 0.29) is 5.91 Å². The van der Waals surface area contributed by atoms with Crippen LogP contribution in [0.3, 0.4) is 0 Å². The normalized spacial score (nSPS) is 11.5. The van der Waals surface area contributed by atoms with Crippen molar-refractivity contribution in [1.29, 1.82) is 0 Å². The molecule has 0 saturated carbocycles. The van der Waals surface area contributed by atoms with Crippen molar-refractivity contribution in [3.63, 3.8) is 0 Å². The fourth-order valence-electron chi connectivity index (χ4n) is 3.31. The van der Waals surface area contributed by atoms with Gasteiger partial charge < -0.3 is 23.8 Å². The number of rotatable bonds is 20. The van der Waals surface area contributed by atoms with Gasteiger partial charge in [-0.3, -0.25) is 4.79 Å². The summed E-state index contributed by atoms with van der Waals surface area (Å²) in [6, 6.07) is 0. The molecule has 0 aliphatic rings. The van der Waals surface area contributed by atoms with Crippen molar-refractivity contribution in [2.24, 2.45) is 17.8 Å². The molecule has 2 unspecified atom stereocenters. The smallest absolute Gasteiger partial charge is 0.219 e. The molecular formula is C36H81NO5. The van der Waals surface area contributed by atoms with E-state index in [0.717, 1.165) is 89.9 Å². The third-order valence-electron chi connectivity index (χ3n) is 7.19. The molecule has 0 radical (unpaired) electrons. The van der Waals surface area contributed by atoms with Crippen molar-refractivity contribution in [1.82, 2.24) is 4.90 Å². The molecule has 0 aromatic rings. The van der Waals surface area contributed by atoms with Gasteiger partial charge in [-0.25, -0.2) is 0 Å². The lowest BCUT2D eigenvalue weighted by molar-refractivity contribution is -0.128. The topological polar surface area (TPSA) is 57.2 Å². The molecule has 6 heteroatoms. The largest absolute Gasteiger partial charge is 0.382 e. The Kier molecular flexibility index (Phi) is 54.2. The summed E-state index contributed by atoms with van der Waals surface area (Å²) in [5.41, 5.74) is 0. The number of amides is 1. The maximum atomic E-state index is 10.5. The van der Waals surface area contributed by atoms with E-state index >= 15 is 0 Å². The van der Waals surface area contributed by atoms with Gasteiger partial charge in [0.2, 0.25) is 5.91 Å². The second-order valence-electron chi connectivity index (χ2n) is 10.6. The Labute approximate surface area is 266 Å². The lowest BCUT2D eigenvalue weighted by atomic mass is 10.1. The molecule has 6 nitrogen and oxygen atoms in total. The molecule has 42 heavy (non-hydrogen) atoms. The van der Waals surface area contributed by atoms with Crippen molar-refractivity contribution < 1.29 is 23.7 Å². The number of ether oxygens (including phenoxy) is 4. The number of nitrogens with zero attached hydrogens (tertiary/aromatic N) is 1. The summed E-state index contributed by atoms with van der Waals surface area (Å²) in [4.78, 5) is 12.3. The Bertz CT molecular complexity index is 452. The van der Waals surface area contributed by atoms with E-state index in [1.54, 1.807) is 11.8 Å². The highest BCUT2D eigenvalue weighted by Gasteiger charge is 2.01. The quantitative estimate of drug-likeness (QED) is 0.129. The van der Waals surface area contributed by atoms with E-state index in [0.29, 0.717) is 6.10 Å². The molecular weight excluding hydrogens is 526 g/mol. The van der Waals surface area contributed by atoms with E-state index in [1.807, 2.05) is 41.5 Å². The van der Waals surface area contributed by atoms with Crippen LogP contribution in [0.2, 0.25) is 0 Å². The maximum absolute atomic E-state index is 10.5. The fraction of sp³-hybridized carbons (Fsp3) is 0.972. The second-order valence-corrected chi connectivity index (χ2v) is 10.6. The molecule has 0 bridgehead atoms. The van der Waals surface area contributed by atoms with Crippen molar-refractivity contribution in [2.75, 3.05) is 59.3 Å². The summed E-state index contributed by atoms with van der Waals surface area (Å²) in [6.07, 6.45) is 8.99. The van der Waals surface area contributed by atoms with Crippen LogP contribution in [-0.2, 0) is 23.7 Å². The zero-order chi connectivity index (χ0) is 33.6. The first-order chi connectivity index (χ1) is 20.0. The molecule has 0 aliphatic carbocycles. The summed E-state index contributed by atoms with van der Waals surface area (Å²) in [7, 11) is 0. The Morgan fingerprint density at radius 2 is 1.02 bits per heavy atom. The van der Waals surface area contributed by atoms with Crippen LogP contribution in [0.15, 0.2) is 0 Å². The van der Waals surface area contributed by atoms with Gasteiger partial charge in [0.05, 0.1) is 6.10 Å². The minimum Gasteiger partial charge on any atom is -0.382 e. The fourth-order valence-corrected chi connectivity index (χ4v) is 3.31. The molecule has 260 valence electrons. The summed E-state index contributed by atoms with van der Waals surface area (Å²) in [6.45, 7) is 39.2. The van der Waals surface area contributed by atoms with Crippen molar-refractivity contribution in [3.05, 3.63) is 0 Å². The third kappa shape index (κ3) is 46.3. The van der Waals surface area contributed by atoms with Crippen LogP contribution in [0.4, 0.5) is 0 Å². The molecule has 0 spiro atoms. The van der Waals surface area contributed by atoms with Crippen LogP contribution in [0.5, 0.6) is 0 Å². The van der Waals surface area contributed by atoms with Crippen LogP contribution in [0.25, 0.3) is 0 Å². The van der Waals surface area contributed by atoms with Gasteiger partial charge in [-0.1, -0.05) is 81.1 Å². The van der Waals surface area contributed by atoms with Crippen LogP contribution >= 0.6 is 0 Å². The SMILES string of the molecule is CCN(CC)C(C)=O.CCOC(CC)CC.CCOCC(C)CC.CCOCC(CC)CC.CCOCCC(C)CC. The first-order valence-electron chi connectivity index (χ1n) is 17.6. The Morgan fingerprint density at radius 1 is 0.571 bits per heavy atom. The monoisotopic (exact) mass is 608 g/mol. The lowest BCUT2D eigenvalue weighted by Gasteiger charge is -2.14. The number of hydrogen-bond acceptors (Lipinski definition) is 5. The zero-order valence-corrected chi connectivity index (χ0v) is 31.6. The van der Waals surface area contributed by atoms with Gasteiger partial charge in [0, 0.05) is 66.3 Å². The van der Waals surface area contributed by atoms with Crippen molar-refractivity contribution in [3.8, 4) is 0 Å². The van der Waals surface area contributed by atoms with Gasteiger partial charge >= 0.3 is 0 Å². The Morgan fingerprint density at radius 3 is 1.29 bits per heavy atom. The van der Waals surface area contributed by atoms with Crippen molar-refractivity contribution in [2.45, 2.75) is 155 Å². The molecule has 0 fully saturated rings. The zero-order valence-electron chi connectivity index (χ0n) is 31.6. The van der Waals surface area contributed by atoms with Crippen LogP contribution in [0.1, 0.15) is 149 Å². The minimum absolute atomic E-state index is 0.162. The number of hydrogen-bond donors (Lipinski definition) is 0. The average molecular weight is 608 g/mol. The molecule has 1 amide bonds. The second kappa shape index (κ2) is 44.7. The molecule has 0 saturated heterocycles. The number of carbonyl (C=O) groups excluding carboxylic acids is 1. The predicted molar refractivity (Wildman–Crippen MR) is 187 cm³/mol. The van der Waals surface area contributed by atoms with Crippen LogP contribution in [0, 0.1) is 17.8 Å². The van der Waals surface area contributed by atoms with Gasteiger partial charge in [-0.2, -0.15) is 0 Å². The molecule has 0 aliphatic heterocycles. The van der Waals surface area contributed by atoms with Crippen LogP contribution < -0.4 is 0 Å². The summed E-state index contributed by atoms with van der Waals surface area (Å²) in [5, 5.41) is 0. The maximum Gasteiger partial charge on any atom is 0.219 e. The highest BCUT2D eigenvalue weighted by molar-refractivity contribution is 5.73. The van der Waals surface area contributed by atoms with Gasteiger partial charge in [-0.15, -0.1) is 0 Å². The van der Waals surface area contributed by atoms with Gasteiger partial charge in [0.25, 0.3) is 0 Å². The lowest BCUT2D eigenvalue weighted by Crippen LogP contribution is -2.27.